The zero-order chi connectivity index (χ0) is 17.4. The molecule has 3 aromatic heterocycles. The second-order valence-corrected chi connectivity index (χ2v) is 6.44. The molecule has 124 valence electrons. The SMILES string of the molecule is Cc1ncc(Cn2ncc3ncc(-c4ccc(Cl)c(C)c4)cc32)cn1. The monoisotopic (exact) mass is 349 g/mol. The van der Waals surface area contributed by atoms with Gasteiger partial charge in [-0.05, 0) is 43.2 Å². The highest BCUT2D eigenvalue weighted by atomic mass is 35.5. The highest BCUT2D eigenvalue weighted by Gasteiger charge is 2.08. The lowest BCUT2D eigenvalue weighted by molar-refractivity contribution is 0.705. The molecule has 0 aliphatic rings. The number of aryl methyl sites for hydroxylation is 2. The van der Waals surface area contributed by atoms with Crippen LogP contribution in [0.25, 0.3) is 22.2 Å². The first-order valence-corrected chi connectivity index (χ1v) is 8.33. The molecule has 0 fully saturated rings. The average Bonchev–Trinajstić information content (AvgIpc) is 3.01. The molecule has 0 atom stereocenters. The van der Waals surface area contributed by atoms with Crippen LogP contribution in [0.2, 0.25) is 5.02 Å². The van der Waals surface area contributed by atoms with E-state index >= 15 is 0 Å². The molecule has 0 spiro atoms. The van der Waals surface area contributed by atoms with Crippen LogP contribution in [0.5, 0.6) is 0 Å². The largest absolute Gasteiger partial charge is 0.259 e. The van der Waals surface area contributed by atoms with Crippen molar-refractivity contribution in [2.75, 3.05) is 0 Å². The van der Waals surface area contributed by atoms with Crippen LogP contribution in [0.4, 0.5) is 0 Å². The molecule has 4 rings (SSSR count). The standard InChI is InChI=1S/C19H16ClN5/c1-12-5-15(3-4-17(12)20)16-6-19-18(23-9-16)10-24-25(19)11-14-7-21-13(2)22-8-14/h3-10H,11H2,1-2H3. The van der Waals surface area contributed by atoms with Crippen molar-refractivity contribution < 1.29 is 0 Å². The Morgan fingerprint density at radius 3 is 2.48 bits per heavy atom. The van der Waals surface area contributed by atoms with Crippen LogP contribution in [-0.4, -0.2) is 24.7 Å². The zero-order valence-electron chi connectivity index (χ0n) is 13.9. The third kappa shape index (κ3) is 3.10. The molecule has 5 nitrogen and oxygen atoms in total. The Labute approximate surface area is 150 Å². The van der Waals surface area contributed by atoms with E-state index in [0.29, 0.717) is 6.54 Å². The lowest BCUT2D eigenvalue weighted by Crippen LogP contribution is -2.03. The Balaban J connectivity index is 1.74. The fraction of sp³-hybridized carbons (Fsp3) is 0.158. The van der Waals surface area contributed by atoms with Gasteiger partial charge >= 0.3 is 0 Å². The topological polar surface area (TPSA) is 56.5 Å². The van der Waals surface area contributed by atoms with E-state index in [0.717, 1.165) is 44.1 Å². The second-order valence-electron chi connectivity index (χ2n) is 6.03. The van der Waals surface area contributed by atoms with Gasteiger partial charge in [-0.25, -0.2) is 9.97 Å². The minimum atomic E-state index is 0.606. The summed E-state index contributed by atoms with van der Waals surface area (Å²) in [7, 11) is 0. The number of fused-ring (bicyclic) bond motifs is 1. The van der Waals surface area contributed by atoms with Crippen LogP contribution in [0.15, 0.2) is 49.1 Å². The van der Waals surface area contributed by atoms with E-state index in [1.807, 2.05) is 49.3 Å². The Hall–Kier alpha value is -2.79. The van der Waals surface area contributed by atoms with Gasteiger partial charge < -0.3 is 0 Å². The molecule has 0 saturated carbocycles. The molecule has 4 aromatic rings. The number of benzene rings is 1. The van der Waals surface area contributed by atoms with Gasteiger partial charge in [-0.1, -0.05) is 17.7 Å². The fourth-order valence-electron chi connectivity index (χ4n) is 2.74. The molecule has 25 heavy (non-hydrogen) atoms. The van der Waals surface area contributed by atoms with Crippen molar-refractivity contribution in [3.05, 3.63) is 71.0 Å². The van der Waals surface area contributed by atoms with E-state index in [4.69, 9.17) is 11.6 Å². The van der Waals surface area contributed by atoms with Gasteiger partial charge in [-0.15, -0.1) is 0 Å². The lowest BCUT2D eigenvalue weighted by Gasteiger charge is -2.07. The minimum absolute atomic E-state index is 0.606. The van der Waals surface area contributed by atoms with Crippen LogP contribution in [0, 0.1) is 13.8 Å². The second kappa shape index (κ2) is 6.26. The van der Waals surface area contributed by atoms with E-state index in [1.54, 1.807) is 6.20 Å². The fourth-order valence-corrected chi connectivity index (χ4v) is 2.86. The first-order chi connectivity index (χ1) is 12.1. The maximum Gasteiger partial charge on any atom is 0.125 e. The van der Waals surface area contributed by atoms with Crippen LogP contribution >= 0.6 is 11.6 Å². The minimum Gasteiger partial charge on any atom is -0.259 e. The summed E-state index contributed by atoms with van der Waals surface area (Å²) in [5.41, 5.74) is 6.01. The van der Waals surface area contributed by atoms with Crippen molar-refractivity contribution in [2.24, 2.45) is 0 Å². The molecule has 0 aliphatic heterocycles. The summed E-state index contributed by atoms with van der Waals surface area (Å²) in [6.45, 7) is 4.48. The van der Waals surface area contributed by atoms with E-state index in [1.165, 1.54) is 0 Å². The van der Waals surface area contributed by atoms with E-state index in [9.17, 15) is 0 Å². The van der Waals surface area contributed by atoms with Crippen LogP contribution < -0.4 is 0 Å². The molecule has 0 bridgehead atoms. The normalized spacial score (nSPS) is 11.2. The smallest absolute Gasteiger partial charge is 0.125 e. The molecule has 0 N–H and O–H groups in total. The lowest BCUT2D eigenvalue weighted by atomic mass is 10.0. The van der Waals surface area contributed by atoms with Crippen molar-refractivity contribution in [1.29, 1.82) is 0 Å². The van der Waals surface area contributed by atoms with E-state index in [-0.39, 0.29) is 0 Å². The quantitative estimate of drug-likeness (QED) is 0.556. The summed E-state index contributed by atoms with van der Waals surface area (Å²) >= 11 is 6.13. The average molecular weight is 350 g/mol. The Kier molecular flexibility index (Phi) is 3.93. The van der Waals surface area contributed by atoms with Gasteiger partial charge in [-0.3, -0.25) is 9.67 Å². The molecule has 1 aromatic carbocycles. The number of nitrogens with zero attached hydrogens (tertiary/aromatic N) is 5. The summed E-state index contributed by atoms with van der Waals surface area (Å²) in [6, 6.07) is 8.09. The summed E-state index contributed by atoms with van der Waals surface area (Å²) in [6.07, 6.45) is 7.30. The third-order valence-corrected chi connectivity index (χ3v) is 4.58. The van der Waals surface area contributed by atoms with Gasteiger partial charge in [0.2, 0.25) is 0 Å². The molecule has 3 heterocycles. The van der Waals surface area contributed by atoms with Crippen LogP contribution in [0.1, 0.15) is 17.0 Å². The third-order valence-electron chi connectivity index (χ3n) is 4.15. The van der Waals surface area contributed by atoms with Gasteiger partial charge in [-0.2, -0.15) is 5.10 Å². The van der Waals surface area contributed by atoms with Crippen molar-refractivity contribution in [2.45, 2.75) is 20.4 Å². The summed E-state index contributed by atoms with van der Waals surface area (Å²) in [5, 5.41) is 5.22. The Morgan fingerprint density at radius 2 is 1.72 bits per heavy atom. The van der Waals surface area contributed by atoms with Gasteiger partial charge in [0.15, 0.2) is 0 Å². The number of hydrogen-bond donors (Lipinski definition) is 0. The number of hydrogen-bond acceptors (Lipinski definition) is 4. The number of halogens is 1. The summed E-state index contributed by atoms with van der Waals surface area (Å²) in [4.78, 5) is 13.0. The van der Waals surface area contributed by atoms with Crippen molar-refractivity contribution in [3.63, 3.8) is 0 Å². The molecule has 0 saturated heterocycles. The van der Waals surface area contributed by atoms with E-state index in [2.05, 4.69) is 32.2 Å². The Bertz CT molecular complexity index is 1050. The highest BCUT2D eigenvalue weighted by Crippen LogP contribution is 2.26. The first-order valence-electron chi connectivity index (χ1n) is 7.96. The van der Waals surface area contributed by atoms with Gasteiger partial charge in [0.25, 0.3) is 0 Å². The zero-order valence-corrected chi connectivity index (χ0v) is 14.7. The number of pyridine rings is 1. The van der Waals surface area contributed by atoms with Crippen LogP contribution in [0.3, 0.4) is 0 Å². The van der Waals surface area contributed by atoms with Crippen LogP contribution in [-0.2, 0) is 6.54 Å². The van der Waals surface area contributed by atoms with Gasteiger partial charge in [0.05, 0.1) is 18.3 Å². The molecule has 0 amide bonds. The molecular formula is C19H16ClN5. The van der Waals surface area contributed by atoms with Crippen molar-refractivity contribution >= 4 is 22.6 Å². The van der Waals surface area contributed by atoms with Gasteiger partial charge in [0.1, 0.15) is 11.3 Å². The number of aromatic nitrogens is 5. The summed E-state index contributed by atoms with van der Waals surface area (Å²) in [5.74, 6) is 0.760. The predicted molar refractivity (Wildman–Crippen MR) is 98.6 cm³/mol. The Morgan fingerprint density at radius 1 is 0.920 bits per heavy atom. The van der Waals surface area contributed by atoms with Crippen molar-refractivity contribution in [3.8, 4) is 11.1 Å². The molecule has 0 unspecified atom stereocenters. The summed E-state index contributed by atoms with van der Waals surface area (Å²) < 4.78 is 1.92. The maximum atomic E-state index is 6.13. The molecular weight excluding hydrogens is 334 g/mol. The van der Waals surface area contributed by atoms with E-state index < -0.39 is 0 Å². The highest BCUT2D eigenvalue weighted by molar-refractivity contribution is 6.31. The molecule has 6 heteroatoms. The van der Waals surface area contributed by atoms with Gasteiger partial charge in [0, 0.05) is 34.7 Å². The molecule has 0 radical (unpaired) electrons. The first kappa shape index (κ1) is 15.7. The molecule has 0 aliphatic carbocycles. The number of rotatable bonds is 3. The predicted octanol–water partition coefficient (Wildman–Crippen LogP) is 4.21. The maximum absolute atomic E-state index is 6.13. The van der Waals surface area contributed by atoms with Crippen molar-refractivity contribution in [1.82, 2.24) is 24.7 Å².